The van der Waals surface area contributed by atoms with E-state index in [0.717, 1.165) is 42.9 Å². The van der Waals surface area contributed by atoms with Gasteiger partial charge in [0.05, 0.1) is 16.4 Å². The highest BCUT2D eigenvalue weighted by molar-refractivity contribution is 5.86. The highest BCUT2D eigenvalue weighted by Crippen LogP contribution is 2.38. The van der Waals surface area contributed by atoms with Crippen LogP contribution in [0, 0.1) is 5.92 Å². The largest absolute Gasteiger partial charge is 0.387 e. The van der Waals surface area contributed by atoms with E-state index in [0.29, 0.717) is 35.4 Å². The minimum Gasteiger partial charge on any atom is -0.387 e. The van der Waals surface area contributed by atoms with Gasteiger partial charge in [-0.3, -0.25) is 0 Å². The third kappa shape index (κ3) is 4.49. The first-order valence-corrected chi connectivity index (χ1v) is 14.2. The number of likely N-dealkylation sites (N-methyl/N-ethyl adjacent to an activating group) is 1. The molecule has 1 aromatic carbocycles. The zero-order valence-electron chi connectivity index (χ0n) is 22.3. The summed E-state index contributed by atoms with van der Waals surface area (Å²) in [6.07, 6.45) is 8.20. The molecule has 206 valence electrons. The topological polar surface area (TPSA) is 138 Å². The Hall–Kier alpha value is -3.05. The molecule has 1 saturated heterocycles. The van der Waals surface area contributed by atoms with Crippen LogP contribution in [0.3, 0.4) is 0 Å². The average Bonchev–Trinajstić information content (AvgIpc) is 3.54. The van der Waals surface area contributed by atoms with Gasteiger partial charge in [0.25, 0.3) is 0 Å². The number of aliphatic hydroxyl groups is 2. The third-order valence-corrected chi connectivity index (χ3v) is 9.37. The number of fused-ring (bicyclic) bond motifs is 2. The Balaban J connectivity index is 0.915. The summed E-state index contributed by atoms with van der Waals surface area (Å²) >= 11 is 0. The van der Waals surface area contributed by atoms with Crippen LogP contribution in [0.5, 0.6) is 0 Å². The number of aromatic amines is 1. The number of ether oxygens (including phenoxy) is 1. The molecule has 4 atom stereocenters. The number of rotatable bonds is 8. The molecule has 0 amide bonds. The average molecular weight is 532 g/mol. The molecule has 3 fully saturated rings. The minimum absolute atomic E-state index is 0.376. The van der Waals surface area contributed by atoms with Crippen LogP contribution in [0.25, 0.3) is 22.1 Å². The Morgan fingerprint density at radius 3 is 2.79 bits per heavy atom. The van der Waals surface area contributed by atoms with Gasteiger partial charge in [-0.25, -0.2) is 15.0 Å². The summed E-state index contributed by atoms with van der Waals surface area (Å²) in [5.41, 5.74) is 10.2. The summed E-state index contributed by atoms with van der Waals surface area (Å²) < 4.78 is 7.90. The van der Waals surface area contributed by atoms with E-state index >= 15 is 0 Å². The first kappa shape index (κ1) is 25.0. The molecular formula is C29H37N7O3. The standard InChI is InChI=1S/C29H37N7O3/c1-35(14-23-25(37)26(38)29(39-23)36-10-9-20-27(30)31-15-32-28(20)36)19-11-16(12-19)5-8-24-33-21-7-6-18(13-22(21)34-24)17-3-2-4-17/h6-7,9-10,13,15-17,19,23,25-26,29,37-38H,2-5,8,11-12,14H2,1H3,(H,33,34)(H2,30,31,32)/t16?,19?,23-,25-,26-,29-/m1/s1. The monoisotopic (exact) mass is 531 g/mol. The van der Waals surface area contributed by atoms with Crippen molar-refractivity contribution in [1.82, 2.24) is 29.4 Å². The van der Waals surface area contributed by atoms with Gasteiger partial charge in [0.15, 0.2) is 6.23 Å². The van der Waals surface area contributed by atoms with Crippen LogP contribution in [0.1, 0.15) is 62.1 Å². The lowest BCUT2D eigenvalue weighted by Gasteiger charge is -2.42. The van der Waals surface area contributed by atoms with Gasteiger partial charge in [-0.15, -0.1) is 0 Å². The molecule has 1 aliphatic heterocycles. The lowest BCUT2D eigenvalue weighted by Crippen LogP contribution is -2.47. The van der Waals surface area contributed by atoms with Crippen molar-refractivity contribution in [3.8, 4) is 0 Å². The Morgan fingerprint density at radius 2 is 2.00 bits per heavy atom. The van der Waals surface area contributed by atoms with Gasteiger partial charge < -0.3 is 35.1 Å². The van der Waals surface area contributed by atoms with Gasteiger partial charge in [-0.1, -0.05) is 12.5 Å². The molecule has 2 saturated carbocycles. The van der Waals surface area contributed by atoms with Crippen molar-refractivity contribution in [3.05, 3.63) is 48.2 Å². The Morgan fingerprint density at radius 1 is 1.15 bits per heavy atom. The van der Waals surface area contributed by atoms with Crippen molar-refractivity contribution in [2.75, 3.05) is 19.3 Å². The highest BCUT2D eigenvalue weighted by Gasteiger charge is 2.45. The van der Waals surface area contributed by atoms with Crippen molar-refractivity contribution in [1.29, 1.82) is 0 Å². The number of nitrogens with zero attached hydrogens (tertiary/aromatic N) is 5. The van der Waals surface area contributed by atoms with Crippen molar-refractivity contribution in [3.63, 3.8) is 0 Å². The van der Waals surface area contributed by atoms with Crippen molar-refractivity contribution in [2.45, 2.75) is 81.4 Å². The van der Waals surface area contributed by atoms with Crippen molar-refractivity contribution < 1.29 is 14.9 Å². The smallest absolute Gasteiger partial charge is 0.164 e. The van der Waals surface area contributed by atoms with Crippen LogP contribution in [0.2, 0.25) is 0 Å². The summed E-state index contributed by atoms with van der Waals surface area (Å²) in [6, 6.07) is 8.97. The molecule has 0 bridgehead atoms. The molecule has 10 nitrogen and oxygen atoms in total. The van der Waals surface area contributed by atoms with Crippen LogP contribution < -0.4 is 5.73 Å². The molecule has 0 unspecified atom stereocenters. The molecule has 7 rings (SSSR count). The summed E-state index contributed by atoms with van der Waals surface area (Å²) in [5, 5.41) is 22.3. The predicted octanol–water partition coefficient (Wildman–Crippen LogP) is 3.12. The molecule has 4 heterocycles. The molecule has 5 N–H and O–H groups in total. The summed E-state index contributed by atoms with van der Waals surface area (Å²) in [7, 11) is 2.08. The van der Waals surface area contributed by atoms with Gasteiger partial charge in [0.2, 0.25) is 0 Å². The van der Waals surface area contributed by atoms with E-state index in [1.54, 1.807) is 16.8 Å². The molecule has 4 aromatic rings. The maximum atomic E-state index is 10.8. The van der Waals surface area contributed by atoms with E-state index in [2.05, 4.69) is 45.1 Å². The maximum absolute atomic E-state index is 10.8. The first-order chi connectivity index (χ1) is 18.9. The number of H-pyrrole nitrogens is 1. The van der Waals surface area contributed by atoms with Gasteiger partial charge in [0, 0.05) is 25.2 Å². The van der Waals surface area contributed by atoms with E-state index < -0.39 is 24.5 Å². The number of anilines is 1. The maximum Gasteiger partial charge on any atom is 0.164 e. The Labute approximate surface area is 227 Å². The SMILES string of the molecule is CN(C[C@H]1O[C@@H](n2ccc3c(N)ncnc32)[C@H](O)[C@@H]1O)C1CC(CCc2nc3ccc(C4CCC4)cc3[nH]2)C1. The molecule has 10 heteroatoms. The fraction of sp³-hybridized carbons (Fsp3) is 0.552. The first-order valence-electron chi connectivity index (χ1n) is 14.2. The Kier molecular flexibility index (Phi) is 6.30. The van der Waals surface area contributed by atoms with Crippen LogP contribution >= 0.6 is 0 Å². The van der Waals surface area contributed by atoms with Crippen LogP contribution in [0.4, 0.5) is 5.82 Å². The third-order valence-electron chi connectivity index (χ3n) is 9.37. The predicted molar refractivity (Wildman–Crippen MR) is 148 cm³/mol. The molecule has 0 spiro atoms. The van der Waals surface area contributed by atoms with Crippen LogP contribution in [-0.2, 0) is 11.2 Å². The number of hydrogen-bond acceptors (Lipinski definition) is 8. The number of nitrogen functional groups attached to an aromatic ring is 1. The van der Waals surface area contributed by atoms with E-state index in [1.165, 1.54) is 36.7 Å². The van der Waals surface area contributed by atoms with Crippen molar-refractivity contribution in [2.24, 2.45) is 5.92 Å². The zero-order chi connectivity index (χ0) is 26.7. The van der Waals surface area contributed by atoms with E-state index in [4.69, 9.17) is 15.5 Å². The molecule has 2 aliphatic carbocycles. The normalized spacial score (nSPS) is 29.3. The summed E-state index contributed by atoms with van der Waals surface area (Å²) in [4.78, 5) is 19.0. The van der Waals surface area contributed by atoms with Gasteiger partial charge >= 0.3 is 0 Å². The second-order valence-corrected chi connectivity index (χ2v) is 11.8. The fourth-order valence-electron chi connectivity index (χ4n) is 6.57. The van der Waals surface area contributed by atoms with Crippen molar-refractivity contribution >= 4 is 27.9 Å². The second kappa shape index (κ2) is 9.85. The Bertz CT molecular complexity index is 1470. The lowest BCUT2D eigenvalue weighted by atomic mass is 9.76. The van der Waals surface area contributed by atoms with Gasteiger partial charge in [-0.2, -0.15) is 0 Å². The molecule has 39 heavy (non-hydrogen) atoms. The number of hydrogen-bond donors (Lipinski definition) is 4. The number of nitrogens with two attached hydrogens (primary N) is 1. The molecule has 0 radical (unpaired) electrons. The fourth-order valence-corrected chi connectivity index (χ4v) is 6.57. The quantitative estimate of drug-likeness (QED) is 0.272. The van der Waals surface area contributed by atoms with Gasteiger partial charge in [0.1, 0.15) is 41.9 Å². The zero-order valence-corrected chi connectivity index (χ0v) is 22.3. The molecule has 3 aromatic heterocycles. The van der Waals surface area contributed by atoms with E-state index in [-0.39, 0.29) is 0 Å². The highest BCUT2D eigenvalue weighted by atomic mass is 16.6. The summed E-state index contributed by atoms with van der Waals surface area (Å²) in [6.45, 7) is 0.551. The number of imidazole rings is 1. The van der Waals surface area contributed by atoms with Gasteiger partial charge in [-0.05, 0) is 74.8 Å². The minimum atomic E-state index is -1.06. The molecular weight excluding hydrogens is 494 g/mol. The number of aromatic nitrogens is 5. The lowest BCUT2D eigenvalue weighted by molar-refractivity contribution is -0.0512. The van der Waals surface area contributed by atoms with Crippen LogP contribution in [-0.4, -0.2) is 77.6 Å². The number of nitrogens with one attached hydrogen (secondary N) is 1. The number of aliphatic hydroxyl groups excluding tert-OH is 2. The van der Waals surface area contributed by atoms with E-state index in [1.807, 2.05) is 0 Å². The number of aryl methyl sites for hydroxylation is 1. The van der Waals surface area contributed by atoms with E-state index in [9.17, 15) is 10.2 Å². The molecule has 3 aliphatic rings. The number of benzene rings is 1. The van der Waals surface area contributed by atoms with Crippen LogP contribution in [0.15, 0.2) is 36.8 Å². The summed E-state index contributed by atoms with van der Waals surface area (Å²) in [5.74, 6) is 2.86. The second-order valence-electron chi connectivity index (χ2n) is 11.8.